The first-order valence-corrected chi connectivity index (χ1v) is 8.35. The fourth-order valence-electron chi connectivity index (χ4n) is 2.23. The van der Waals surface area contributed by atoms with Crippen molar-refractivity contribution in [3.05, 3.63) is 48.0 Å². The van der Waals surface area contributed by atoms with Gasteiger partial charge in [-0.25, -0.2) is 0 Å². The Morgan fingerprint density at radius 2 is 1.86 bits per heavy atom. The van der Waals surface area contributed by atoms with E-state index in [-0.39, 0.29) is 6.61 Å². The molecule has 0 aliphatic carbocycles. The third kappa shape index (κ3) is 3.17. The molecule has 0 saturated carbocycles. The first kappa shape index (κ1) is 13.9. The molecule has 2 aromatic rings. The molecule has 0 radical (unpaired) electrons. The van der Waals surface area contributed by atoms with Crippen LogP contribution in [0.1, 0.15) is 5.56 Å². The molecule has 0 aromatic heterocycles. The van der Waals surface area contributed by atoms with Gasteiger partial charge < -0.3 is 10.1 Å². The highest BCUT2D eigenvalue weighted by molar-refractivity contribution is 7.85. The molecular formula is C15H15NO4S. The van der Waals surface area contributed by atoms with Gasteiger partial charge in [0.25, 0.3) is 10.1 Å². The predicted octanol–water partition coefficient (Wildman–Crippen LogP) is 3.05. The maximum Gasteiger partial charge on any atom is 0.264 e. The van der Waals surface area contributed by atoms with Crippen LogP contribution in [0.4, 0.5) is 11.4 Å². The van der Waals surface area contributed by atoms with Crippen molar-refractivity contribution in [2.24, 2.45) is 0 Å². The number of nitrogens with one attached hydrogen (secondary N) is 1. The third-order valence-electron chi connectivity index (χ3n) is 3.15. The largest absolute Gasteiger partial charge is 0.453 e. The summed E-state index contributed by atoms with van der Waals surface area (Å²) in [5.74, 6) is 1.50. The van der Waals surface area contributed by atoms with Crippen molar-refractivity contribution in [2.45, 2.75) is 6.42 Å². The average Bonchev–Trinajstić information content (AvgIpc) is 2.44. The van der Waals surface area contributed by atoms with Crippen LogP contribution >= 0.6 is 0 Å². The van der Waals surface area contributed by atoms with E-state index in [1.165, 1.54) is 0 Å². The standard InChI is InChI=1S/C15H15NO4S/c1-21(17,18)19-10-9-11-5-4-8-14-15(11)16-12-6-2-3-7-13(12)20-14/h2-8,16H,9-10H2,1H3. The van der Waals surface area contributed by atoms with Gasteiger partial charge in [0.2, 0.25) is 0 Å². The average molecular weight is 305 g/mol. The van der Waals surface area contributed by atoms with Crippen molar-refractivity contribution in [3.8, 4) is 11.5 Å². The molecule has 0 fully saturated rings. The molecule has 0 unspecified atom stereocenters. The molecule has 5 nitrogen and oxygen atoms in total. The highest BCUT2D eigenvalue weighted by atomic mass is 32.2. The second kappa shape index (κ2) is 5.38. The molecule has 1 heterocycles. The molecule has 1 aliphatic rings. The molecule has 3 rings (SSSR count). The molecule has 0 bridgehead atoms. The quantitative estimate of drug-likeness (QED) is 0.751. The van der Waals surface area contributed by atoms with E-state index in [0.29, 0.717) is 6.42 Å². The number of rotatable bonds is 4. The van der Waals surface area contributed by atoms with E-state index < -0.39 is 10.1 Å². The maximum absolute atomic E-state index is 11.0. The summed E-state index contributed by atoms with van der Waals surface area (Å²) in [4.78, 5) is 0. The van der Waals surface area contributed by atoms with Gasteiger partial charge in [-0.3, -0.25) is 4.18 Å². The molecule has 110 valence electrons. The van der Waals surface area contributed by atoms with Gasteiger partial charge >= 0.3 is 0 Å². The molecule has 0 atom stereocenters. The SMILES string of the molecule is CS(=O)(=O)OCCc1cccc2c1Nc1ccccc1O2. The number of fused-ring (bicyclic) bond motifs is 2. The minimum atomic E-state index is -3.42. The highest BCUT2D eigenvalue weighted by Gasteiger charge is 2.18. The van der Waals surface area contributed by atoms with Gasteiger partial charge in [-0.05, 0) is 30.2 Å². The topological polar surface area (TPSA) is 64.6 Å². The molecule has 0 spiro atoms. The van der Waals surface area contributed by atoms with Crippen LogP contribution < -0.4 is 10.1 Å². The van der Waals surface area contributed by atoms with Crippen molar-refractivity contribution >= 4 is 21.5 Å². The molecule has 1 N–H and O–H groups in total. The second-order valence-corrected chi connectivity index (χ2v) is 6.43. The number of benzene rings is 2. The molecule has 0 saturated heterocycles. The number of ether oxygens (including phenoxy) is 1. The summed E-state index contributed by atoms with van der Waals surface area (Å²) in [7, 11) is -3.42. The van der Waals surface area contributed by atoms with Gasteiger partial charge in [0.1, 0.15) is 0 Å². The third-order valence-corrected chi connectivity index (χ3v) is 3.74. The van der Waals surface area contributed by atoms with E-state index in [1.807, 2.05) is 42.5 Å². The number of hydrogen-bond donors (Lipinski definition) is 1. The molecular weight excluding hydrogens is 290 g/mol. The molecule has 2 aromatic carbocycles. The second-order valence-electron chi connectivity index (χ2n) is 4.79. The van der Waals surface area contributed by atoms with Crippen molar-refractivity contribution in [3.63, 3.8) is 0 Å². The van der Waals surface area contributed by atoms with Gasteiger partial charge in [0, 0.05) is 0 Å². The van der Waals surface area contributed by atoms with E-state index in [2.05, 4.69) is 5.32 Å². The van der Waals surface area contributed by atoms with E-state index in [4.69, 9.17) is 8.92 Å². The van der Waals surface area contributed by atoms with Crippen molar-refractivity contribution < 1.29 is 17.3 Å². The smallest absolute Gasteiger partial charge is 0.264 e. The Bertz CT molecular complexity index is 771. The zero-order valence-electron chi connectivity index (χ0n) is 11.5. The summed E-state index contributed by atoms with van der Waals surface area (Å²) >= 11 is 0. The van der Waals surface area contributed by atoms with Crippen LogP contribution in [-0.2, 0) is 20.7 Å². The van der Waals surface area contributed by atoms with Gasteiger partial charge in [-0.1, -0.05) is 24.3 Å². The van der Waals surface area contributed by atoms with Crippen LogP contribution in [0.15, 0.2) is 42.5 Å². The van der Waals surface area contributed by atoms with E-state index in [1.54, 1.807) is 0 Å². The Morgan fingerprint density at radius 3 is 2.67 bits per heavy atom. The lowest BCUT2D eigenvalue weighted by atomic mass is 10.1. The van der Waals surface area contributed by atoms with E-state index in [9.17, 15) is 8.42 Å². The van der Waals surface area contributed by atoms with Crippen LogP contribution in [0.3, 0.4) is 0 Å². The van der Waals surface area contributed by atoms with Crippen LogP contribution in [0.25, 0.3) is 0 Å². The summed E-state index contributed by atoms with van der Waals surface area (Å²) in [5, 5.41) is 3.33. The van der Waals surface area contributed by atoms with Crippen LogP contribution in [0, 0.1) is 0 Å². The van der Waals surface area contributed by atoms with Crippen molar-refractivity contribution in [1.82, 2.24) is 0 Å². The molecule has 21 heavy (non-hydrogen) atoms. The molecule has 1 aliphatic heterocycles. The fraction of sp³-hybridized carbons (Fsp3) is 0.200. The minimum Gasteiger partial charge on any atom is -0.453 e. The zero-order valence-corrected chi connectivity index (χ0v) is 12.3. The molecule has 6 heteroatoms. The Morgan fingerprint density at radius 1 is 1.10 bits per heavy atom. The number of anilines is 2. The van der Waals surface area contributed by atoms with Crippen molar-refractivity contribution in [2.75, 3.05) is 18.2 Å². The minimum absolute atomic E-state index is 0.110. The number of hydrogen-bond acceptors (Lipinski definition) is 5. The Kier molecular flexibility index (Phi) is 3.57. The highest BCUT2D eigenvalue weighted by Crippen LogP contribution is 2.43. The molecule has 0 amide bonds. The first-order valence-electron chi connectivity index (χ1n) is 6.53. The lowest BCUT2D eigenvalue weighted by molar-refractivity contribution is 0.326. The van der Waals surface area contributed by atoms with Gasteiger partial charge in [-0.15, -0.1) is 0 Å². The van der Waals surface area contributed by atoms with Gasteiger partial charge in [-0.2, -0.15) is 8.42 Å². The lowest BCUT2D eigenvalue weighted by Crippen LogP contribution is -2.09. The van der Waals surface area contributed by atoms with Crippen LogP contribution in [0.2, 0.25) is 0 Å². The summed E-state index contributed by atoms with van der Waals surface area (Å²) in [6, 6.07) is 13.3. The van der Waals surface area contributed by atoms with Crippen LogP contribution in [0.5, 0.6) is 11.5 Å². The fourth-order valence-corrected chi connectivity index (χ4v) is 2.61. The number of para-hydroxylation sites is 3. The van der Waals surface area contributed by atoms with Crippen LogP contribution in [-0.4, -0.2) is 21.3 Å². The normalized spacial score (nSPS) is 12.8. The first-order chi connectivity index (χ1) is 10.0. The zero-order chi connectivity index (χ0) is 14.9. The van der Waals surface area contributed by atoms with E-state index >= 15 is 0 Å². The van der Waals surface area contributed by atoms with Gasteiger partial charge in [0.05, 0.1) is 24.2 Å². The van der Waals surface area contributed by atoms with Crippen molar-refractivity contribution in [1.29, 1.82) is 0 Å². The maximum atomic E-state index is 11.0. The summed E-state index contributed by atoms with van der Waals surface area (Å²) in [6.07, 6.45) is 1.53. The van der Waals surface area contributed by atoms with E-state index in [0.717, 1.165) is 34.7 Å². The summed E-state index contributed by atoms with van der Waals surface area (Å²) in [6.45, 7) is 0.110. The Balaban J connectivity index is 1.83. The Hall–Kier alpha value is -2.05. The van der Waals surface area contributed by atoms with Gasteiger partial charge in [0.15, 0.2) is 11.5 Å². The monoisotopic (exact) mass is 305 g/mol. The Labute approximate surface area is 123 Å². The summed E-state index contributed by atoms with van der Waals surface area (Å²) < 4.78 is 32.7. The summed E-state index contributed by atoms with van der Waals surface area (Å²) in [5.41, 5.74) is 2.69. The lowest BCUT2D eigenvalue weighted by Gasteiger charge is -2.23. The predicted molar refractivity (Wildman–Crippen MR) is 80.7 cm³/mol.